The van der Waals surface area contributed by atoms with Crippen molar-refractivity contribution in [3.05, 3.63) is 0 Å². The number of rotatable bonds is 4. The second kappa shape index (κ2) is 6.53. The Morgan fingerprint density at radius 3 is 2.72 bits per heavy atom. The predicted octanol–water partition coefficient (Wildman–Crippen LogP) is 1.58. The molecule has 4 heteroatoms. The Labute approximate surface area is 110 Å². The van der Waals surface area contributed by atoms with Crippen molar-refractivity contribution in [3.8, 4) is 0 Å². The number of nitrogens with one attached hydrogen (secondary N) is 1. The van der Waals surface area contributed by atoms with Gasteiger partial charge in [0, 0.05) is 25.6 Å². The first-order valence-electron chi connectivity index (χ1n) is 7.26. The number of amides is 1. The molecule has 0 bridgehead atoms. The maximum absolute atomic E-state index is 12.0. The molecule has 1 amide bonds. The van der Waals surface area contributed by atoms with Gasteiger partial charge in [-0.05, 0) is 38.0 Å². The zero-order valence-electron chi connectivity index (χ0n) is 11.4. The molecule has 2 saturated carbocycles. The first-order chi connectivity index (χ1) is 8.69. The minimum atomic E-state index is 0.180. The van der Waals surface area contributed by atoms with Gasteiger partial charge >= 0.3 is 0 Å². The first kappa shape index (κ1) is 13.8. The fourth-order valence-corrected chi connectivity index (χ4v) is 3.30. The Balaban J connectivity index is 1.71. The van der Waals surface area contributed by atoms with E-state index in [2.05, 4.69) is 5.32 Å². The van der Waals surface area contributed by atoms with Crippen molar-refractivity contribution in [3.63, 3.8) is 0 Å². The summed E-state index contributed by atoms with van der Waals surface area (Å²) in [5.41, 5.74) is 6.08. The van der Waals surface area contributed by atoms with Crippen LogP contribution in [-0.4, -0.2) is 31.2 Å². The predicted molar refractivity (Wildman–Crippen MR) is 71.1 cm³/mol. The van der Waals surface area contributed by atoms with Gasteiger partial charge in [0.1, 0.15) is 0 Å². The fraction of sp³-hybridized carbons (Fsp3) is 0.929. The van der Waals surface area contributed by atoms with Crippen LogP contribution < -0.4 is 11.1 Å². The van der Waals surface area contributed by atoms with Crippen LogP contribution in [0.4, 0.5) is 0 Å². The molecule has 0 heterocycles. The number of ether oxygens (including phenoxy) is 1. The molecule has 0 saturated heterocycles. The zero-order chi connectivity index (χ0) is 13.0. The molecule has 0 aromatic heterocycles. The lowest BCUT2D eigenvalue weighted by molar-refractivity contribution is -0.123. The van der Waals surface area contributed by atoms with E-state index in [-0.39, 0.29) is 11.9 Å². The van der Waals surface area contributed by atoms with E-state index < -0.39 is 0 Å². The van der Waals surface area contributed by atoms with Crippen LogP contribution in [0.15, 0.2) is 0 Å². The Kier molecular flexibility index (Phi) is 5.01. The molecule has 4 nitrogen and oxygen atoms in total. The Hall–Kier alpha value is -0.610. The topological polar surface area (TPSA) is 64.3 Å². The third-order valence-corrected chi connectivity index (χ3v) is 4.50. The molecule has 0 spiro atoms. The zero-order valence-corrected chi connectivity index (χ0v) is 11.4. The second-order valence-corrected chi connectivity index (χ2v) is 5.85. The van der Waals surface area contributed by atoms with Gasteiger partial charge in [-0.2, -0.15) is 0 Å². The normalized spacial score (nSPS) is 36.6. The van der Waals surface area contributed by atoms with Gasteiger partial charge in [0.25, 0.3) is 0 Å². The van der Waals surface area contributed by atoms with Gasteiger partial charge in [-0.3, -0.25) is 4.79 Å². The highest BCUT2D eigenvalue weighted by atomic mass is 16.5. The van der Waals surface area contributed by atoms with E-state index in [0.29, 0.717) is 24.5 Å². The molecule has 18 heavy (non-hydrogen) atoms. The summed E-state index contributed by atoms with van der Waals surface area (Å²) in [5.74, 6) is 0.567. The minimum Gasteiger partial charge on any atom is -0.381 e. The van der Waals surface area contributed by atoms with Crippen LogP contribution in [0.25, 0.3) is 0 Å². The van der Waals surface area contributed by atoms with E-state index in [4.69, 9.17) is 10.5 Å². The molecule has 0 aromatic carbocycles. The van der Waals surface area contributed by atoms with Gasteiger partial charge in [-0.15, -0.1) is 0 Å². The van der Waals surface area contributed by atoms with Crippen LogP contribution in [0.3, 0.4) is 0 Å². The Bertz CT molecular complexity index is 283. The number of methoxy groups -OCH3 is 1. The van der Waals surface area contributed by atoms with Crippen LogP contribution in [0.5, 0.6) is 0 Å². The summed E-state index contributed by atoms with van der Waals surface area (Å²) in [4.78, 5) is 12.0. The lowest BCUT2D eigenvalue weighted by Crippen LogP contribution is -2.39. The maximum Gasteiger partial charge on any atom is 0.220 e. The van der Waals surface area contributed by atoms with Crippen molar-refractivity contribution < 1.29 is 9.53 Å². The van der Waals surface area contributed by atoms with Crippen molar-refractivity contribution in [2.24, 2.45) is 11.7 Å². The first-order valence-corrected chi connectivity index (χ1v) is 7.26. The van der Waals surface area contributed by atoms with Crippen LogP contribution in [0.2, 0.25) is 0 Å². The molecule has 2 fully saturated rings. The van der Waals surface area contributed by atoms with Crippen LogP contribution in [0, 0.1) is 5.92 Å². The van der Waals surface area contributed by atoms with Gasteiger partial charge in [-0.25, -0.2) is 0 Å². The van der Waals surface area contributed by atoms with E-state index in [9.17, 15) is 4.79 Å². The summed E-state index contributed by atoms with van der Waals surface area (Å²) in [7, 11) is 1.75. The fourth-order valence-electron chi connectivity index (χ4n) is 3.30. The average molecular weight is 254 g/mol. The summed E-state index contributed by atoms with van der Waals surface area (Å²) >= 11 is 0. The lowest BCUT2D eigenvalue weighted by Gasteiger charge is -2.28. The number of carbonyl (C=O) groups is 1. The molecule has 2 aliphatic rings. The quantitative estimate of drug-likeness (QED) is 0.800. The van der Waals surface area contributed by atoms with Crippen molar-refractivity contribution in [2.75, 3.05) is 7.11 Å². The average Bonchev–Trinajstić information content (AvgIpc) is 2.80. The maximum atomic E-state index is 12.0. The molecule has 2 rings (SSSR count). The summed E-state index contributed by atoms with van der Waals surface area (Å²) in [6.45, 7) is 0. The summed E-state index contributed by atoms with van der Waals surface area (Å²) in [6.07, 6.45) is 8.62. The Morgan fingerprint density at radius 1 is 1.28 bits per heavy atom. The highest BCUT2D eigenvalue weighted by molar-refractivity contribution is 5.76. The van der Waals surface area contributed by atoms with Gasteiger partial charge < -0.3 is 15.8 Å². The Morgan fingerprint density at radius 2 is 2.06 bits per heavy atom. The SMILES string of the molecule is COC1CCC(NC(=O)CC2CCCCC2N)C1. The molecule has 0 radical (unpaired) electrons. The van der Waals surface area contributed by atoms with Crippen LogP contribution in [-0.2, 0) is 9.53 Å². The number of nitrogens with two attached hydrogens (primary N) is 1. The van der Waals surface area contributed by atoms with Gasteiger partial charge in [0.2, 0.25) is 5.91 Å². The van der Waals surface area contributed by atoms with Crippen LogP contribution in [0.1, 0.15) is 51.4 Å². The molecule has 0 aromatic rings. The van der Waals surface area contributed by atoms with E-state index >= 15 is 0 Å². The van der Waals surface area contributed by atoms with E-state index in [1.165, 1.54) is 12.8 Å². The molecule has 4 unspecified atom stereocenters. The molecule has 104 valence electrons. The number of hydrogen-bond acceptors (Lipinski definition) is 3. The summed E-state index contributed by atoms with van der Waals surface area (Å²) in [6, 6.07) is 0.530. The standard InChI is InChI=1S/C14H26N2O2/c1-18-12-7-6-11(9-12)16-14(17)8-10-4-2-3-5-13(10)15/h10-13H,2-9,15H2,1H3,(H,16,17). The van der Waals surface area contributed by atoms with Crippen LogP contribution >= 0.6 is 0 Å². The lowest BCUT2D eigenvalue weighted by atomic mass is 9.83. The summed E-state index contributed by atoms with van der Waals surface area (Å²) < 4.78 is 5.32. The monoisotopic (exact) mass is 254 g/mol. The third-order valence-electron chi connectivity index (χ3n) is 4.50. The molecular formula is C14H26N2O2. The number of hydrogen-bond donors (Lipinski definition) is 2. The molecular weight excluding hydrogens is 228 g/mol. The summed E-state index contributed by atoms with van der Waals surface area (Å²) in [5, 5.41) is 3.14. The second-order valence-electron chi connectivity index (χ2n) is 5.85. The van der Waals surface area contributed by atoms with Crippen molar-refractivity contribution in [2.45, 2.75) is 69.6 Å². The van der Waals surface area contributed by atoms with E-state index in [0.717, 1.165) is 32.1 Å². The van der Waals surface area contributed by atoms with E-state index in [1.54, 1.807) is 7.11 Å². The molecule has 2 aliphatic carbocycles. The third kappa shape index (κ3) is 3.69. The van der Waals surface area contributed by atoms with E-state index in [1.807, 2.05) is 0 Å². The van der Waals surface area contributed by atoms with Crippen molar-refractivity contribution >= 4 is 5.91 Å². The molecule has 0 aliphatic heterocycles. The number of carbonyl (C=O) groups excluding carboxylic acids is 1. The molecule has 3 N–H and O–H groups in total. The smallest absolute Gasteiger partial charge is 0.220 e. The van der Waals surface area contributed by atoms with Gasteiger partial charge in [0.15, 0.2) is 0 Å². The van der Waals surface area contributed by atoms with Gasteiger partial charge in [-0.1, -0.05) is 12.8 Å². The largest absolute Gasteiger partial charge is 0.381 e. The van der Waals surface area contributed by atoms with Crippen molar-refractivity contribution in [1.29, 1.82) is 0 Å². The highest BCUT2D eigenvalue weighted by Gasteiger charge is 2.28. The van der Waals surface area contributed by atoms with Gasteiger partial charge in [0.05, 0.1) is 6.10 Å². The highest BCUT2D eigenvalue weighted by Crippen LogP contribution is 2.26. The van der Waals surface area contributed by atoms with Crippen molar-refractivity contribution in [1.82, 2.24) is 5.32 Å². The minimum absolute atomic E-state index is 0.180. The molecule has 4 atom stereocenters.